The monoisotopic (exact) mass is 240 g/mol. The Hall–Kier alpha value is -0.610. The van der Waals surface area contributed by atoms with Crippen molar-refractivity contribution in [3.63, 3.8) is 0 Å². The first kappa shape index (κ1) is 12.8. The number of likely N-dealkylation sites (N-methyl/N-ethyl adjacent to an activating group) is 1. The molecule has 2 rings (SSSR count). The lowest BCUT2D eigenvalue weighted by Crippen LogP contribution is -2.54. The molecule has 1 unspecified atom stereocenters. The highest BCUT2D eigenvalue weighted by molar-refractivity contribution is 5.82. The van der Waals surface area contributed by atoms with Crippen LogP contribution in [0.25, 0.3) is 0 Å². The van der Waals surface area contributed by atoms with E-state index in [1.165, 1.54) is 6.42 Å². The van der Waals surface area contributed by atoms with E-state index in [0.29, 0.717) is 6.54 Å². The van der Waals surface area contributed by atoms with Gasteiger partial charge in [-0.15, -0.1) is 0 Å². The molecular formula is C13H24N2O2. The quantitative estimate of drug-likeness (QED) is 0.770. The van der Waals surface area contributed by atoms with Crippen LogP contribution in [0.2, 0.25) is 0 Å². The highest BCUT2D eigenvalue weighted by Gasteiger charge is 2.36. The van der Waals surface area contributed by atoms with Crippen LogP contribution in [0.15, 0.2) is 0 Å². The van der Waals surface area contributed by atoms with E-state index in [1.807, 2.05) is 11.9 Å². The molecule has 17 heavy (non-hydrogen) atoms. The lowest BCUT2D eigenvalue weighted by Gasteiger charge is -2.40. The first-order valence-electron chi connectivity index (χ1n) is 6.83. The number of amides is 1. The minimum absolute atomic E-state index is 0.0454. The molecule has 98 valence electrons. The lowest BCUT2D eigenvalue weighted by molar-refractivity contribution is -0.140. The standard InChI is InChI=1S/C13H24N2O2/c1-14-11-6-5-9-15(12(11)16)10-13(17)7-3-2-4-8-13/h11,14,17H,2-10H2,1H3. The van der Waals surface area contributed by atoms with Crippen LogP contribution in [-0.2, 0) is 4.79 Å². The maximum Gasteiger partial charge on any atom is 0.239 e. The number of rotatable bonds is 3. The van der Waals surface area contributed by atoms with Gasteiger partial charge in [0.2, 0.25) is 5.91 Å². The molecule has 4 nitrogen and oxygen atoms in total. The van der Waals surface area contributed by atoms with Crippen molar-refractivity contribution in [2.45, 2.75) is 56.6 Å². The van der Waals surface area contributed by atoms with Crippen molar-refractivity contribution in [1.82, 2.24) is 10.2 Å². The fourth-order valence-corrected chi connectivity index (χ4v) is 3.09. The summed E-state index contributed by atoms with van der Waals surface area (Å²) in [5, 5.41) is 13.5. The van der Waals surface area contributed by atoms with E-state index in [0.717, 1.165) is 45.1 Å². The second-order valence-electron chi connectivity index (χ2n) is 5.53. The molecule has 0 aromatic rings. The van der Waals surface area contributed by atoms with Gasteiger partial charge in [-0.3, -0.25) is 4.79 Å². The predicted molar refractivity (Wildman–Crippen MR) is 66.7 cm³/mol. The van der Waals surface area contributed by atoms with Crippen molar-refractivity contribution in [2.75, 3.05) is 20.1 Å². The van der Waals surface area contributed by atoms with Gasteiger partial charge in [0.1, 0.15) is 0 Å². The highest BCUT2D eigenvalue weighted by atomic mass is 16.3. The highest BCUT2D eigenvalue weighted by Crippen LogP contribution is 2.29. The average molecular weight is 240 g/mol. The van der Waals surface area contributed by atoms with Gasteiger partial charge in [-0.25, -0.2) is 0 Å². The van der Waals surface area contributed by atoms with E-state index in [1.54, 1.807) is 0 Å². The normalized spacial score (nSPS) is 29.4. The van der Waals surface area contributed by atoms with E-state index in [4.69, 9.17) is 0 Å². The molecule has 0 spiro atoms. The van der Waals surface area contributed by atoms with Gasteiger partial charge in [-0.2, -0.15) is 0 Å². The second-order valence-corrected chi connectivity index (χ2v) is 5.53. The smallest absolute Gasteiger partial charge is 0.239 e. The zero-order chi connectivity index (χ0) is 12.3. The molecule has 0 aromatic carbocycles. The van der Waals surface area contributed by atoms with Crippen LogP contribution in [0, 0.1) is 0 Å². The first-order valence-corrected chi connectivity index (χ1v) is 6.83. The van der Waals surface area contributed by atoms with Crippen LogP contribution >= 0.6 is 0 Å². The van der Waals surface area contributed by atoms with Gasteiger partial charge >= 0.3 is 0 Å². The zero-order valence-corrected chi connectivity index (χ0v) is 10.7. The van der Waals surface area contributed by atoms with E-state index in [9.17, 15) is 9.90 Å². The largest absolute Gasteiger partial charge is 0.388 e. The zero-order valence-electron chi connectivity index (χ0n) is 10.7. The molecule has 0 bridgehead atoms. The van der Waals surface area contributed by atoms with E-state index >= 15 is 0 Å². The number of nitrogens with zero attached hydrogens (tertiary/aromatic N) is 1. The van der Waals surface area contributed by atoms with E-state index in [-0.39, 0.29) is 11.9 Å². The fourth-order valence-electron chi connectivity index (χ4n) is 3.09. The van der Waals surface area contributed by atoms with Gasteiger partial charge in [0.25, 0.3) is 0 Å². The molecule has 4 heteroatoms. The molecule has 0 aromatic heterocycles. The van der Waals surface area contributed by atoms with Gasteiger partial charge < -0.3 is 15.3 Å². The first-order chi connectivity index (χ1) is 8.14. The van der Waals surface area contributed by atoms with Gasteiger partial charge in [-0.1, -0.05) is 19.3 Å². The van der Waals surface area contributed by atoms with Gasteiger partial charge in [-0.05, 0) is 32.7 Å². The molecular weight excluding hydrogens is 216 g/mol. The number of nitrogens with one attached hydrogen (secondary N) is 1. The number of β-amino-alcohol motifs (C(OH)–C–C–N with tert-alkyl or cyclic N) is 1. The van der Waals surface area contributed by atoms with Crippen LogP contribution in [0.5, 0.6) is 0 Å². The maximum absolute atomic E-state index is 12.1. The Bertz CT molecular complexity index is 275. The number of piperidine rings is 1. The Morgan fingerprint density at radius 3 is 2.71 bits per heavy atom. The molecule has 1 atom stereocenters. The van der Waals surface area contributed by atoms with Crippen molar-refractivity contribution >= 4 is 5.91 Å². The number of likely N-dealkylation sites (tertiary alicyclic amines) is 1. The summed E-state index contributed by atoms with van der Waals surface area (Å²) in [4.78, 5) is 14.0. The summed E-state index contributed by atoms with van der Waals surface area (Å²) in [6.45, 7) is 1.34. The molecule has 1 aliphatic carbocycles. The van der Waals surface area contributed by atoms with Crippen LogP contribution in [0.1, 0.15) is 44.9 Å². The van der Waals surface area contributed by atoms with Crippen molar-refractivity contribution in [3.05, 3.63) is 0 Å². The molecule has 2 fully saturated rings. The second kappa shape index (κ2) is 5.36. The van der Waals surface area contributed by atoms with Crippen LogP contribution in [0.3, 0.4) is 0 Å². The molecule has 1 amide bonds. The summed E-state index contributed by atoms with van der Waals surface area (Å²) in [7, 11) is 1.83. The minimum Gasteiger partial charge on any atom is -0.388 e. The van der Waals surface area contributed by atoms with Crippen molar-refractivity contribution in [1.29, 1.82) is 0 Å². The third kappa shape index (κ3) is 2.99. The lowest BCUT2D eigenvalue weighted by atomic mass is 9.84. The third-order valence-corrected chi connectivity index (χ3v) is 4.15. The SMILES string of the molecule is CNC1CCCN(CC2(O)CCCCC2)C1=O. The van der Waals surface area contributed by atoms with E-state index < -0.39 is 5.60 Å². The Labute approximate surface area is 103 Å². The molecule has 1 heterocycles. The Kier molecular flexibility index (Phi) is 4.05. The van der Waals surface area contributed by atoms with Crippen LogP contribution < -0.4 is 5.32 Å². The summed E-state index contributed by atoms with van der Waals surface area (Å²) in [5.41, 5.74) is -0.621. The number of aliphatic hydroxyl groups is 1. The summed E-state index contributed by atoms with van der Waals surface area (Å²) in [6.07, 6.45) is 7.05. The summed E-state index contributed by atoms with van der Waals surface area (Å²) < 4.78 is 0. The molecule has 1 saturated heterocycles. The van der Waals surface area contributed by atoms with Crippen molar-refractivity contribution < 1.29 is 9.90 Å². The topological polar surface area (TPSA) is 52.6 Å². The Balaban J connectivity index is 1.95. The Morgan fingerprint density at radius 1 is 1.35 bits per heavy atom. The number of hydrogen-bond acceptors (Lipinski definition) is 3. The summed E-state index contributed by atoms with van der Waals surface area (Å²) >= 11 is 0. The van der Waals surface area contributed by atoms with Crippen molar-refractivity contribution in [2.24, 2.45) is 0 Å². The average Bonchev–Trinajstić information content (AvgIpc) is 2.32. The molecule has 2 N–H and O–H groups in total. The summed E-state index contributed by atoms with van der Waals surface area (Å²) in [6, 6.07) is -0.0454. The number of carbonyl (C=O) groups is 1. The number of hydrogen-bond donors (Lipinski definition) is 2. The van der Waals surface area contributed by atoms with Gasteiger partial charge in [0.05, 0.1) is 11.6 Å². The van der Waals surface area contributed by atoms with Crippen LogP contribution in [-0.4, -0.2) is 47.7 Å². The van der Waals surface area contributed by atoms with Crippen molar-refractivity contribution in [3.8, 4) is 0 Å². The molecule has 1 aliphatic heterocycles. The van der Waals surface area contributed by atoms with E-state index in [2.05, 4.69) is 5.32 Å². The summed E-state index contributed by atoms with van der Waals surface area (Å²) in [5.74, 6) is 0.165. The maximum atomic E-state index is 12.1. The predicted octanol–water partition coefficient (Wildman–Crippen LogP) is 0.892. The minimum atomic E-state index is -0.621. The fraction of sp³-hybridized carbons (Fsp3) is 0.923. The van der Waals surface area contributed by atoms with Gasteiger partial charge in [0.15, 0.2) is 0 Å². The van der Waals surface area contributed by atoms with Gasteiger partial charge in [0, 0.05) is 13.1 Å². The van der Waals surface area contributed by atoms with Crippen LogP contribution in [0.4, 0.5) is 0 Å². The third-order valence-electron chi connectivity index (χ3n) is 4.15. The molecule has 2 aliphatic rings. The molecule has 1 saturated carbocycles. The number of carbonyl (C=O) groups excluding carboxylic acids is 1. The Morgan fingerprint density at radius 2 is 2.06 bits per heavy atom. The molecule has 0 radical (unpaired) electrons.